The van der Waals surface area contributed by atoms with E-state index in [1.165, 1.54) is 4.90 Å². The summed E-state index contributed by atoms with van der Waals surface area (Å²) >= 11 is 0. The number of ether oxygens (including phenoxy) is 1. The number of amides is 2. The van der Waals surface area contributed by atoms with Crippen molar-refractivity contribution >= 4 is 23.5 Å². The van der Waals surface area contributed by atoms with Gasteiger partial charge in [0, 0.05) is 18.7 Å². The summed E-state index contributed by atoms with van der Waals surface area (Å²) < 4.78 is 40.6. The van der Waals surface area contributed by atoms with Crippen molar-refractivity contribution in [2.45, 2.75) is 19.5 Å². The Morgan fingerprint density at radius 1 is 1.28 bits per heavy atom. The first kappa shape index (κ1) is 18.8. The lowest BCUT2D eigenvalue weighted by Gasteiger charge is -2.16. The second kappa shape index (κ2) is 7.54. The van der Waals surface area contributed by atoms with Crippen LogP contribution in [-0.4, -0.2) is 43.7 Å². The number of hydrogen-bond acceptors (Lipinski definition) is 4. The number of rotatable bonds is 5. The van der Waals surface area contributed by atoms with Gasteiger partial charge >= 0.3 is 12.1 Å². The van der Waals surface area contributed by atoms with E-state index < -0.39 is 37.1 Å². The number of nitrogens with zero attached hydrogens (tertiary/aromatic N) is 1. The van der Waals surface area contributed by atoms with Crippen LogP contribution in [0.3, 0.4) is 0 Å². The molecule has 0 saturated carbocycles. The van der Waals surface area contributed by atoms with E-state index in [2.05, 4.69) is 0 Å². The van der Waals surface area contributed by atoms with Crippen LogP contribution < -0.4 is 10.2 Å². The van der Waals surface area contributed by atoms with Gasteiger partial charge in [0.2, 0.25) is 5.91 Å². The van der Waals surface area contributed by atoms with Crippen molar-refractivity contribution in [3.05, 3.63) is 29.8 Å². The summed E-state index contributed by atoms with van der Waals surface area (Å²) in [5, 5.41) is 1.60. The van der Waals surface area contributed by atoms with Gasteiger partial charge in [-0.2, -0.15) is 13.2 Å². The van der Waals surface area contributed by atoms with Gasteiger partial charge < -0.3 is 15.0 Å². The maximum absolute atomic E-state index is 12.0. The first-order valence-corrected chi connectivity index (χ1v) is 7.53. The van der Waals surface area contributed by atoms with Gasteiger partial charge in [-0.25, -0.2) is 0 Å². The molecule has 1 saturated heterocycles. The minimum atomic E-state index is -4.54. The third-order valence-electron chi connectivity index (χ3n) is 3.64. The molecule has 9 heteroatoms. The van der Waals surface area contributed by atoms with Gasteiger partial charge in [0.15, 0.2) is 6.61 Å². The molecule has 1 N–H and O–H groups in total. The van der Waals surface area contributed by atoms with Crippen LogP contribution in [0.25, 0.3) is 0 Å². The summed E-state index contributed by atoms with van der Waals surface area (Å²) in [6, 6.07) is 7.18. The Hall–Kier alpha value is -2.58. The molecule has 0 radical (unpaired) electrons. The molecule has 6 nitrogen and oxygen atoms in total. The van der Waals surface area contributed by atoms with E-state index in [4.69, 9.17) is 4.74 Å². The van der Waals surface area contributed by atoms with E-state index >= 15 is 0 Å². The third-order valence-corrected chi connectivity index (χ3v) is 3.64. The van der Waals surface area contributed by atoms with Crippen LogP contribution in [0.1, 0.15) is 12.0 Å². The Balaban J connectivity index is 1.84. The molecule has 25 heavy (non-hydrogen) atoms. The molecule has 1 atom stereocenters. The van der Waals surface area contributed by atoms with Crippen LogP contribution in [0.5, 0.6) is 0 Å². The van der Waals surface area contributed by atoms with Crippen molar-refractivity contribution in [3.63, 3.8) is 0 Å². The molecule has 136 valence electrons. The van der Waals surface area contributed by atoms with Crippen LogP contribution in [-0.2, 0) is 19.1 Å². The van der Waals surface area contributed by atoms with E-state index in [9.17, 15) is 27.6 Å². The van der Waals surface area contributed by atoms with Gasteiger partial charge in [-0.1, -0.05) is 17.7 Å². The van der Waals surface area contributed by atoms with E-state index in [0.717, 1.165) is 5.56 Å². The zero-order valence-corrected chi connectivity index (χ0v) is 13.4. The fourth-order valence-corrected chi connectivity index (χ4v) is 2.34. The van der Waals surface area contributed by atoms with Gasteiger partial charge in [0.25, 0.3) is 5.91 Å². The highest BCUT2D eigenvalue weighted by Crippen LogP contribution is 2.26. The smallest absolute Gasteiger partial charge is 0.405 e. The molecular formula is C16H17F3N2O4. The number of alkyl halides is 3. The molecule has 2 amide bonds. The number of halogens is 3. The maximum Gasteiger partial charge on any atom is 0.405 e. The number of carbonyl (C=O) groups is 3. The minimum absolute atomic E-state index is 0.0725. The lowest BCUT2D eigenvalue weighted by Crippen LogP contribution is -2.37. The first-order chi connectivity index (χ1) is 11.7. The first-order valence-electron chi connectivity index (χ1n) is 7.53. The van der Waals surface area contributed by atoms with Crippen molar-refractivity contribution in [1.82, 2.24) is 5.32 Å². The van der Waals surface area contributed by atoms with Gasteiger partial charge in [-0.05, 0) is 19.1 Å². The highest BCUT2D eigenvalue weighted by atomic mass is 19.4. The van der Waals surface area contributed by atoms with Crippen LogP contribution >= 0.6 is 0 Å². The standard InChI is InChI=1S/C16H17F3N2O4/c1-10-2-4-12(5-3-10)21-7-11(6-14(21)23)15(24)25-8-13(22)20-9-16(17,18)19/h2-5,11H,6-9H2,1H3,(H,20,22)/t11-/m1/s1. The van der Waals surface area contributed by atoms with Gasteiger partial charge in [0.1, 0.15) is 6.54 Å². The molecule has 2 rings (SSSR count). The molecule has 1 aromatic rings. The van der Waals surface area contributed by atoms with E-state index in [1.54, 1.807) is 17.4 Å². The normalized spacial score (nSPS) is 17.5. The SMILES string of the molecule is Cc1ccc(N2C[C@H](C(=O)OCC(=O)NCC(F)(F)F)CC2=O)cc1. The molecule has 0 aromatic heterocycles. The van der Waals surface area contributed by atoms with E-state index in [-0.39, 0.29) is 18.9 Å². The molecule has 0 aliphatic carbocycles. The molecule has 1 aromatic carbocycles. The van der Waals surface area contributed by atoms with E-state index in [0.29, 0.717) is 5.69 Å². The zero-order valence-electron chi connectivity index (χ0n) is 13.4. The third kappa shape index (κ3) is 5.47. The molecule has 0 bridgehead atoms. The average Bonchev–Trinajstić information content (AvgIpc) is 2.92. The molecule has 0 unspecified atom stereocenters. The quantitative estimate of drug-likeness (QED) is 0.811. The second-order valence-electron chi connectivity index (χ2n) is 5.74. The molecule has 1 aliphatic heterocycles. The van der Waals surface area contributed by atoms with Crippen LogP contribution in [0.2, 0.25) is 0 Å². The highest BCUT2D eigenvalue weighted by Gasteiger charge is 2.36. The van der Waals surface area contributed by atoms with Crippen LogP contribution in [0.15, 0.2) is 24.3 Å². The summed E-state index contributed by atoms with van der Waals surface area (Å²) in [6.45, 7) is -0.304. The number of nitrogens with one attached hydrogen (secondary N) is 1. The summed E-state index contributed by atoms with van der Waals surface area (Å²) in [6.07, 6.45) is -4.61. The second-order valence-corrected chi connectivity index (χ2v) is 5.74. The minimum Gasteiger partial charge on any atom is -0.455 e. The van der Waals surface area contributed by atoms with Crippen molar-refractivity contribution in [2.24, 2.45) is 5.92 Å². The summed E-state index contributed by atoms with van der Waals surface area (Å²) in [4.78, 5) is 36.6. The summed E-state index contributed by atoms with van der Waals surface area (Å²) in [5.74, 6) is -2.85. The zero-order chi connectivity index (χ0) is 18.6. The average molecular weight is 358 g/mol. The number of esters is 1. The van der Waals surface area contributed by atoms with Gasteiger partial charge in [-0.15, -0.1) is 0 Å². The van der Waals surface area contributed by atoms with Crippen LogP contribution in [0.4, 0.5) is 18.9 Å². The van der Waals surface area contributed by atoms with Gasteiger partial charge in [-0.3, -0.25) is 14.4 Å². The molecule has 1 heterocycles. The molecular weight excluding hydrogens is 341 g/mol. The summed E-state index contributed by atoms with van der Waals surface area (Å²) in [5.41, 5.74) is 1.67. The Labute approximate surface area is 141 Å². The topological polar surface area (TPSA) is 75.7 Å². The lowest BCUT2D eigenvalue weighted by atomic mass is 10.1. The van der Waals surface area contributed by atoms with Crippen LogP contribution in [0, 0.1) is 12.8 Å². The monoisotopic (exact) mass is 358 g/mol. The van der Waals surface area contributed by atoms with Crippen molar-refractivity contribution < 1.29 is 32.3 Å². The number of carbonyl (C=O) groups excluding carboxylic acids is 3. The highest BCUT2D eigenvalue weighted by molar-refractivity contribution is 5.99. The molecule has 1 fully saturated rings. The number of anilines is 1. The Morgan fingerprint density at radius 3 is 2.52 bits per heavy atom. The van der Waals surface area contributed by atoms with Crippen molar-refractivity contribution in [1.29, 1.82) is 0 Å². The predicted octanol–water partition coefficient (Wildman–Crippen LogP) is 1.57. The molecule has 1 aliphatic rings. The fraction of sp³-hybridized carbons (Fsp3) is 0.438. The lowest BCUT2D eigenvalue weighted by molar-refractivity contribution is -0.154. The maximum atomic E-state index is 12.0. The van der Waals surface area contributed by atoms with E-state index in [1.807, 2.05) is 19.1 Å². The Bertz CT molecular complexity index is 658. The number of benzene rings is 1. The fourth-order valence-electron chi connectivity index (χ4n) is 2.34. The van der Waals surface area contributed by atoms with Crippen molar-refractivity contribution in [3.8, 4) is 0 Å². The van der Waals surface area contributed by atoms with Crippen molar-refractivity contribution in [2.75, 3.05) is 24.6 Å². The Kier molecular flexibility index (Phi) is 5.66. The van der Waals surface area contributed by atoms with Gasteiger partial charge in [0.05, 0.1) is 5.92 Å². The largest absolute Gasteiger partial charge is 0.455 e. The summed E-state index contributed by atoms with van der Waals surface area (Å²) in [7, 11) is 0. The Morgan fingerprint density at radius 2 is 1.92 bits per heavy atom. The molecule has 0 spiro atoms. The number of hydrogen-bond donors (Lipinski definition) is 1. The predicted molar refractivity (Wildman–Crippen MR) is 81.7 cm³/mol. The number of aryl methyl sites for hydroxylation is 1.